The highest BCUT2D eigenvalue weighted by Gasteiger charge is 2.47. The zero-order valence-electron chi connectivity index (χ0n) is 8.47. The van der Waals surface area contributed by atoms with E-state index < -0.39 is 5.41 Å². The Hall–Kier alpha value is -0.860. The van der Waals surface area contributed by atoms with Crippen molar-refractivity contribution >= 4 is 11.7 Å². The topological polar surface area (TPSA) is 46.2 Å². The molecule has 1 aliphatic carbocycles. The van der Waals surface area contributed by atoms with Crippen LogP contribution in [0.2, 0.25) is 0 Å². The van der Waals surface area contributed by atoms with Crippen molar-refractivity contribution in [1.82, 2.24) is 5.32 Å². The molecule has 1 saturated heterocycles. The first-order valence-corrected chi connectivity index (χ1v) is 5.57. The third kappa shape index (κ3) is 1.45. The molecule has 2 fully saturated rings. The Morgan fingerprint density at radius 3 is 2.50 bits per heavy atom. The van der Waals surface area contributed by atoms with Gasteiger partial charge in [-0.05, 0) is 19.3 Å². The molecular formula is C11H17NO2. The number of amides is 1. The van der Waals surface area contributed by atoms with Crippen molar-refractivity contribution in [3.63, 3.8) is 0 Å². The number of nitrogens with one attached hydrogen (secondary N) is 1. The molecule has 1 atom stereocenters. The lowest BCUT2D eigenvalue weighted by Crippen LogP contribution is -2.39. The summed E-state index contributed by atoms with van der Waals surface area (Å²) in [6, 6.07) is 0. The van der Waals surface area contributed by atoms with E-state index >= 15 is 0 Å². The molecule has 1 heterocycles. The third-order valence-corrected chi connectivity index (χ3v) is 3.56. The van der Waals surface area contributed by atoms with Gasteiger partial charge in [-0.3, -0.25) is 9.59 Å². The van der Waals surface area contributed by atoms with Crippen molar-refractivity contribution in [1.29, 1.82) is 0 Å². The summed E-state index contributed by atoms with van der Waals surface area (Å²) in [6.07, 6.45) is 6.41. The number of hydrogen-bond acceptors (Lipinski definition) is 2. The van der Waals surface area contributed by atoms with Gasteiger partial charge in [0.1, 0.15) is 11.2 Å². The summed E-state index contributed by atoms with van der Waals surface area (Å²) in [5, 5.41) is 2.80. The van der Waals surface area contributed by atoms with Crippen molar-refractivity contribution in [2.24, 2.45) is 5.41 Å². The Morgan fingerprint density at radius 2 is 1.79 bits per heavy atom. The third-order valence-electron chi connectivity index (χ3n) is 3.56. The quantitative estimate of drug-likeness (QED) is 0.594. The molecule has 2 rings (SSSR count). The predicted molar refractivity (Wildman–Crippen MR) is 52.8 cm³/mol. The number of Topliss-reactive ketones (excluding diaryl/α,β-unsaturated/α-hetero) is 1. The first kappa shape index (κ1) is 9.69. The summed E-state index contributed by atoms with van der Waals surface area (Å²) >= 11 is 0. The van der Waals surface area contributed by atoms with Crippen LogP contribution in [0.3, 0.4) is 0 Å². The highest BCUT2D eigenvalue weighted by atomic mass is 16.2. The maximum atomic E-state index is 11.9. The van der Waals surface area contributed by atoms with Gasteiger partial charge < -0.3 is 5.32 Å². The van der Waals surface area contributed by atoms with Crippen molar-refractivity contribution in [3.05, 3.63) is 0 Å². The van der Waals surface area contributed by atoms with Gasteiger partial charge in [-0.2, -0.15) is 0 Å². The van der Waals surface area contributed by atoms with Crippen LogP contribution in [0.4, 0.5) is 0 Å². The maximum Gasteiger partial charge on any atom is 0.233 e. The fraction of sp³-hybridized carbons (Fsp3) is 0.818. The molecule has 1 spiro atoms. The summed E-state index contributed by atoms with van der Waals surface area (Å²) in [4.78, 5) is 23.6. The second-order valence-electron chi connectivity index (χ2n) is 4.43. The molecule has 1 unspecified atom stereocenters. The van der Waals surface area contributed by atoms with E-state index in [9.17, 15) is 9.59 Å². The Morgan fingerprint density at radius 1 is 1.00 bits per heavy atom. The monoisotopic (exact) mass is 195 g/mol. The van der Waals surface area contributed by atoms with Crippen LogP contribution in [0.1, 0.15) is 44.9 Å². The van der Waals surface area contributed by atoms with Crippen LogP contribution in [0.5, 0.6) is 0 Å². The van der Waals surface area contributed by atoms with Crippen molar-refractivity contribution in [2.75, 3.05) is 6.54 Å². The molecule has 0 aromatic carbocycles. The fourth-order valence-corrected chi connectivity index (χ4v) is 2.62. The highest BCUT2D eigenvalue weighted by Crippen LogP contribution is 2.37. The maximum absolute atomic E-state index is 11.9. The van der Waals surface area contributed by atoms with Gasteiger partial charge in [-0.1, -0.05) is 19.3 Å². The molecule has 2 aliphatic rings. The van der Waals surface area contributed by atoms with Crippen LogP contribution in [0.25, 0.3) is 0 Å². The summed E-state index contributed by atoms with van der Waals surface area (Å²) in [6.45, 7) is 0.685. The number of carbonyl (C=O) groups is 2. The van der Waals surface area contributed by atoms with Gasteiger partial charge in [0.05, 0.1) is 0 Å². The molecule has 0 radical (unpaired) electrons. The normalized spacial score (nSPS) is 34.0. The zero-order chi connectivity index (χ0) is 10.0. The fourth-order valence-electron chi connectivity index (χ4n) is 2.62. The number of hydrogen-bond donors (Lipinski definition) is 1. The zero-order valence-corrected chi connectivity index (χ0v) is 8.47. The summed E-state index contributed by atoms with van der Waals surface area (Å²) < 4.78 is 0. The van der Waals surface area contributed by atoms with E-state index in [0.29, 0.717) is 13.0 Å². The Kier molecular flexibility index (Phi) is 2.57. The number of carbonyl (C=O) groups excluding carboxylic acids is 2. The minimum absolute atomic E-state index is 0.00981. The molecule has 78 valence electrons. The minimum Gasteiger partial charge on any atom is -0.355 e. The second-order valence-corrected chi connectivity index (χ2v) is 4.43. The molecule has 0 bridgehead atoms. The lowest BCUT2D eigenvalue weighted by atomic mass is 9.74. The number of rotatable bonds is 0. The predicted octanol–water partition coefficient (Wildman–Crippen LogP) is 1.42. The summed E-state index contributed by atoms with van der Waals surface area (Å²) in [5.41, 5.74) is -0.625. The smallest absolute Gasteiger partial charge is 0.233 e. The van der Waals surface area contributed by atoms with Gasteiger partial charge in [-0.25, -0.2) is 0 Å². The SMILES string of the molecule is O=C1CCCCCCC12CCNC2=O. The van der Waals surface area contributed by atoms with Crippen LogP contribution >= 0.6 is 0 Å². The van der Waals surface area contributed by atoms with Gasteiger partial charge in [0.15, 0.2) is 0 Å². The van der Waals surface area contributed by atoms with E-state index in [0.717, 1.165) is 32.1 Å². The first-order valence-electron chi connectivity index (χ1n) is 5.57. The first-order chi connectivity index (χ1) is 6.76. The molecule has 0 aromatic heterocycles. The standard InChI is InChI=1S/C11H17NO2/c13-9-5-3-1-2-4-6-11(9)7-8-12-10(11)14/h1-8H2,(H,12,14). The Bertz CT molecular complexity index is 262. The molecule has 3 nitrogen and oxygen atoms in total. The molecule has 1 aliphatic heterocycles. The van der Waals surface area contributed by atoms with Crippen LogP contribution in [0, 0.1) is 5.41 Å². The molecule has 1 amide bonds. The summed E-state index contributed by atoms with van der Waals surface area (Å²) in [5.74, 6) is 0.177. The van der Waals surface area contributed by atoms with Gasteiger partial charge in [-0.15, -0.1) is 0 Å². The van der Waals surface area contributed by atoms with E-state index in [1.54, 1.807) is 0 Å². The van der Waals surface area contributed by atoms with E-state index in [1.807, 2.05) is 0 Å². The average molecular weight is 195 g/mol. The van der Waals surface area contributed by atoms with Crippen molar-refractivity contribution < 1.29 is 9.59 Å². The van der Waals surface area contributed by atoms with Crippen LogP contribution in [0.15, 0.2) is 0 Å². The van der Waals surface area contributed by atoms with E-state index in [1.165, 1.54) is 6.42 Å². The van der Waals surface area contributed by atoms with E-state index in [-0.39, 0.29) is 11.7 Å². The average Bonchev–Trinajstić information content (AvgIpc) is 2.52. The Balaban J connectivity index is 2.19. The van der Waals surface area contributed by atoms with Crippen molar-refractivity contribution in [2.45, 2.75) is 44.9 Å². The van der Waals surface area contributed by atoms with Gasteiger partial charge in [0.2, 0.25) is 5.91 Å². The van der Waals surface area contributed by atoms with Gasteiger partial charge >= 0.3 is 0 Å². The molecule has 3 heteroatoms. The minimum atomic E-state index is -0.625. The molecule has 1 saturated carbocycles. The lowest BCUT2D eigenvalue weighted by Gasteiger charge is -2.26. The molecular weight excluding hydrogens is 178 g/mol. The largest absolute Gasteiger partial charge is 0.355 e. The molecule has 14 heavy (non-hydrogen) atoms. The second kappa shape index (κ2) is 3.71. The summed E-state index contributed by atoms with van der Waals surface area (Å²) in [7, 11) is 0. The van der Waals surface area contributed by atoms with E-state index in [2.05, 4.69) is 5.32 Å². The molecule has 0 aromatic rings. The van der Waals surface area contributed by atoms with Crippen molar-refractivity contribution in [3.8, 4) is 0 Å². The van der Waals surface area contributed by atoms with Gasteiger partial charge in [0, 0.05) is 13.0 Å². The van der Waals surface area contributed by atoms with Crippen LogP contribution in [-0.4, -0.2) is 18.2 Å². The Labute approximate surface area is 84.2 Å². The van der Waals surface area contributed by atoms with Crippen LogP contribution < -0.4 is 5.32 Å². The lowest BCUT2D eigenvalue weighted by molar-refractivity contribution is -0.140. The van der Waals surface area contributed by atoms with E-state index in [4.69, 9.17) is 0 Å². The highest BCUT2D eigenvalue weighted by molar-refractivity contribution is 6.07. The van der Waals surface area contributed by atoms with Gasteiger partial charge in [0.25, 0.3) is 0 Å². The van der Waals surface area contributed by atoms with Crippen LogP contribution in [-0.2, 0) is 9.59 Å². The molecule has 1 N–H and O–H groups in total. The number of ketones is 1.